The number of hydrogen-bond donors (Lipinski definition) is 2. The summed E-state index contributed by atoms with van der Waals surface area (Å²) in [6.07, 6.45) is 5.88. The van der Waals surface area contributed by atoms with Crippen LogP contribution in [0.3, 0.4) is 0 Å². The van der Waals surface area contributed by atoms with Crippen LogP contribution in [0.4, 0.5) is 0 Å². The first kappa shape index (κ1) is 10.1. The number of nitrogens with one attached hydrogen (secondary N) is 2. The molecule has 1 heterocycles. The molecule has 1 aliphatic carbocycles. The van der Waals surface area contributed by atoms with Crippen LogP contribution in [0, 0.1) is 6.92 Å². The third-order valence-corrected chi connectivity index (χ3v) is 2.88. The molecule has 5 heteroatoms. The van der Waals surface area contributed by atoms with E-state index in [9.17, 15) is 4.79 Å². The van der Waals surface area contributed by atoms with Crippen molar-refractivity contribution in [1.82, 2.24) is 20.7 Å². The van der Waals surface area contributed by atoms with Crippen LogP contribution in [-0.2, 0) is 0 Å². The van der Waals surface area contributed by atoms with E-state index in [1.807, 2.05) is 0 Å². The fraction of sp³-hybridized carbons (Fsp3) is 0.700. The van der Waals surface area contributed by atoms with Crippen molar-refractivity contribution in [3.05, 3.63) is 11.4 Å². The third-order valence-electron chi connectivity index (χ3n) is 2.88. The molecule has 2 rings (SSSR count). The second-order valence-electron chi connectivity index (χ2n) is 4.07. The van der Waals surface area contributed by atoms with Crippen LogP contribution in [0.2, 0.25) is 0 Å². The third kappa shape index (κ3) is 2.34. The molecular formula is C10H16N4O. The molecule has 2 N–H and O–H groups in total. The lowest BCUT2D eigenvalue weighted by Crippen LogP contribution is -2.36. The maximum Gasteiger partial charge on any atom is 0.273 e. The van der Waals surface area contributed by atoms with E-state index < -0.39 is 0 Å². The van der Waals surface area contributed by atoms with Crippen molar-refractivity contribution in [2.75, 3.05) is 0 Å². The van der Waals surface area contributed by atoms with E-state index in [-0.39, 0.29) is 5.91 Å². The van der Waals surface area contributed by atoms with E-state index >= 15 is 0 Å². The molecule has 0 unspecified atom stereocenters. The summed E-state index contributed by atoms with van der Waals surface area (Å²) in [5.41, 5.74) is 1.07. The molecular weight excluding hydrogens is 192 g/mol. The van der Waals surface area contributed by atoms with Gasteiger partial charge in [-0.05, 0) is 19.8 Å². The number of hydrogen-bond acceptors (Lipinski definition) is 3. The molecule has 15 heavy (non-hydrogen) atoms. The summed E-state index contributed by atoms with van der Waals surface area (Å²) < 4.78 is 0. The van der Waals surface area contributed by atoms with E-state index in [1.54, 1.807) is 6.92 Å². The topological polar surface area (TPSA) is 70.7 Å². The van der Waals surface area contributed by atoms with Crippen molar-refractivity contribution in [2.45, 2.75) is 45.1 Å². The standard InChI is InChI=1S/C10H16N4O/c1-7-9(13-14-12-7)10(15)11-8-5-3-2-4-6-8/h8H,2-6H2,1H3,(H,11,15)(H,12,13,14). The van der Waals surface area contributed by atoms with Gasteiger partial charge in [0.25, 0.3) is 5.91 Å². The summed E-state index contributed by atoms with van der Waals surface area (Å²) in [6, 6.07) is 0.322. The second-order valence-corrected chi connectivity index (χ2v) is 4.07. The van der Waals surface area contributed by atoms with Crippen LogP contribution >= 0.6 is 0 Å². The Labute approximate surface area is 88.6 Å². The highest BCUT2D eigenvalue weighted by Crippen LogP contribution is 2.17. The maximum atomic E-state index is 11.8. The molecule has 1 amide bonds. The minimum atomic E-state index is -0.104. The monoisotopic (exact) mass is 208 g/mol. The predicted octanol–water partition coefficient (Wildman–Crippen LogP) is 1.18. The Morgan fingerprint density at radius 2 is 2.07 bits per heavy atom. The first-order chi connectivity index (χ1) is 7.27. The van der Waals surface area contributed by atoms with Crippen molar-refractivity contribution < 1.29 is 4.79 Å². The fourth-order valence-electron chi connectivity index (χ4n) is 2.00. The van der Waals surface area contributed by atoms with E-state index in [2.05, 4.69) is 20.7 Å². The summed E-state index contributed by atoms with van der Waals surface area (Å²) in [5.74, 6) is -0.104. The number of amides is 1. The van der Waals surface area contributed by atoms with Crippen molar-refractivity contribution in [2.24, 2.45) is 0 Å². The minimum absolute atomic E-state index is 0.104. The van der Waals surface area contributed by atoms with Crippen molar-refractivity contribution in [3.8, 4) is 0 Å². The SMILES string of the molecule is Cc1n[nH]nc1C(=O)NC1CCCCC1. The van der Waals surface area contributed by atoms with Crippen LogP contribution in [0.25, 0.3) is 0 Å². The first-order valence-corrected chi connectivity index (χ1v) is 5.45. The summed E-state index contributed by atoms with van der Waals surface area (Å²) in [7, 11) is 0. The predicted molar refractivity (Wildman–Crippen MR) is 55.5 cm³/mol. The molecule has 82 valence electrons. The van der Waals surface area contributed by atoms with E-state index in [0.717, 1.165) is 12.8 Å². The van der Waals surface area contributed by atoms with Gasteiger partial charge in [-0.1, -0.05) is 19.3 Å². The van der Waals surface area contributed by atoms with Crippen LogP contribution < -0.4 is 5.32 Å². The van der Waals surface area contributed by atoms with Gasteiger partial charge in [0.05, 0.1) is 5.69 Å². The van der Waals surface area contributed by atoms with E-state index in [4.69, 9.17) is 0 Å². The number of rotatable bonds is 2. The smallest absolute Gasteiger partial charge is 0.273 e. The van der Waals surface area contributed by atoms with Crippen molar-refractivity contribution in [3.63, 3.8) is 0 Å². The quantitative estimate of drug-likeness (QED) is 0.766. The Bertz CT molecular complexity index is 341. The van der Waals surface area contributed by atoms with Gasteiger partial charge in [-0.2, -0.15) is 15.4 Å². The van der Waals surface area contributed by atoms with Gasteiger partial charge in [0.15, 0.2) is 5.69 Å². The Hall–Kier alpha value is -1.39. The van der Waals surface area contributed by atoms with Crippen molar-refractivity contribution in [1.29, 1.82) is 0 Å². The number of nitrogens with zero attached hydrogens (tertiary/aromatic N) is 2. The lowest BCUT2D eigenvalue weighted by molar-refractivity contribution is 0.0922. The number of aryl methyl sites for hydroxylation is 1. The van der Waals surface area contributed by atoms with Gasteiger partial charge in [0, 0.05) is 6.04 Å². The Morgan fingerprint density at radius 3 is 2.67 bits per heavy atom. The number of aromatic amines is 1. The number of carbonyl (C=O) groups excluding carboxylic acids is 1. The molecule has 0 saturated heterocycles. The van der Waals surface area contributed by atoms with Gasteiger partial charge in [0.2, 0.25) is 0 Å². The largest absolute Gasteiger partial charge is 0.348 e. The first-order valence-electron chi connectivity index (χ1n) is 5.45. The van der Waals surface area contributed by atoms with Gasteiger partial charge >= 0.3 is 0 Å². The van der Waals surface area contributed by atoms with Crippen LogP contribution in [-0.4, -0.2) is 27.4 Å². The molecule has 0 radical (unpaired) electrons. The zero-order chi connectivity index (χ0) is 10.7. The van der Waals surface area contributed by atoms with Gasteiger partial charge in [-0.3, -0.25) is 4.79 Å². The molecule has 1 aliphatic rings. The van der Waals surface area contributed by atoms with Crippen LogP contribution in [0.15, 0.2) is 0 Å². The molecule has 0 spiro atoms. The zero-order valence-corrected chi connectivity index (χ0v) is 8.92. The minimum Gasteiger partial charge on any atom is -0.348 e. The lowest BCUT2D eigenvalue weighted by atomic mass is 9.95. The van der Waals surface area contributed by atoms with Crippen LogP contribution in [0.5, 0.6) is 0 Å². The number of aromatic nitrogens is 3. The average Bonchev–Trinajstić information content (AvgIpc) is 2.66. The van der Waals surface area contributed by atoms with E-state index in [1.165, 1.54) is 19.3 Å². The molecule has 0 aliphatic heterocycles. The number of H-pyrrole nitrogens is 1. The highest BCUT2D eigenvalue weighted by Gasteiger charge is 2.19. The van der Waals surface area contributed by atoms with Gasteiger partial charge in [0.1, 0.15) is 0 Å². The molecule has 1 aromatic rings. The molecule has 0 atom stereocenters. The van der Waals surface area contributed by atoms with Gasteiger partial charge in [-0.25, -0.2) is 0 Å². The Morgan fingerprint density at radius 1 is 1.33 bits per heavy atom. The Balaban J connectivity index is 1.94. The average molecular weight is 208 g/mol. The number of carbonyl (C=O) groups is 1. The summed E-state index contributed by atoms with van der Waals surface area (Å²) >= 11 is 0. The summed E-state index contributed by atoms with van der Waals surface area (Å²) in [6.45, 7) is 1.78. The Kier molecular flexibility index (Phi) is 2.99. The molecule has 1 fully saturated rings. The molecule has 0 aromatic carbocycles. The summed E-state index contributed by atoms with van der Waals surface area (Å²) in [5, 5.41) is 13.1. The summed E-state index contributed by atoms with van der Waals surface area (Å²) in [4.78, 5) is 11.8. The zero-order valence-electron chi connectivity index (χ0n) is 8.92. The molecule has 1 aromatic heterocycles. The van der Waals surface area contributed by atoms with E-state index in [0.29, 0.717) is 17.4 Å². The molecule has 5 nitrogen and oxygen atoms in total. The van der Waals surface area contributed by atoms with Gasteiger partial charge < -0.3 is 5.32 Å². The maximum absolute atomic E-state index is 11.8. The molecule has 1 saturated carbocycles. The second kappa shape index (κ2) is 4.42. The highest BCUT2D eigenvalue weighted by molar-refractivity contribution is 5.93. The fourth-order valence-corrected chi connectivity index (χ4v) is 2.00. The van der Waals surface area contributed by atoms with Crippen molar-refractivity contribution >= 4 is 5.91 Å². The lowest BCUT2D eigenvalue weighted by Gasteiger charge is -2.22. The highest BCUT2D eigenvalue weighted by atomic mass is 16.2. The van der Waals surface area contributed by atoms with Gasteiger partial charge in [-0.15, -0.1) is 0 Å². The van der Waals surface area contributed by atoms with Crippen LogP contribution in [0.1, 0.15) is 48.3 Å². The molecule has 0 bridgehead atoms. The normalized spacial score (nSPS) is 17.7.